The van der Waals surface area contributed by atoms with Crippen molar-refractivity contribution in [3.05, 3.63) is 33.9 Å². The lowest BCUT2D eigenvalue weighted by molar-refractivity contribution is 0.418. The summed E-state index contributed by atoms with van der Waals surface area (Å²) in [6, 6.07) is 0.200. The number of rotatable bonds is 2. The van der Waals surface area contributed by atoms with Crippen molar-refractivity contribution in [2.45, 2.75) is 39.2 Å². The molecule has 0 radical (unpaired) electrons. The largest absolute Gasteiger partial charge is 0.347 e. The van der Waals surface area contributed by atoms with Crippen molar-refractivity contribution >= 4 is 29.2 Å². The summed E-state index contributed by atoms with van der Waals surface area (Å²) in [5.74, 6) is 0.434. The summed E-state index contributed by atoms with van der Waals surface area (Å²) in [7, 11) is 0. The highest BCUT2D eigenvalue weighted by atomic mass is 35.5. The molecule has 0 amide bonds. The van der Waals surface area contributed by atoms with Crippen LogP contribution in [0.15, 0.2) is 23.3 Å². The zero-order valence-electron chi connectivity index (χ0n) is 11.5. The first-order valence-electron chi connectivity index (χ1n) is 6.69. The number of anilines is 1. The van der Waals surface area contributed by atoms with Gasteiger partial charge >= 0.3 is 0 Å². The minimum absolute atomic E-state index is 0.109. The molecule has 0 saturated heterocycles. The van der Waals surface area contributed by atoms with Crippen LogP contribution in [-0.4, -0.2) is 21.0 Å². The van der Waals surface area contributed by atoms with Gasteiger partial charge in [0.25, 0.3) is 0 Å². The lowest BCUT2D eigenvalue weighted by Gasteiger charge is -2.23. The number of halogens is 2. The highest BCUT2D eigenvalue weighted by molar-refractivity contribution is 6.31. The third-order valence-corrected chi connectivity index (χ3v) is 4.34. The molecule has 3 rings (SSSR count). The second-order valence-corrected chi connectivity index (χ2v) is 6.53. The first-order chi connectivity index (χ1) is 9.45. The van der Waals surface area contributed by atoms with Crippen LogP contribution >= 0.6 is 23.2 Å². The summed E-state index contributed by atoms with van der Waals surface area (Å²) in [5, 5.41) is 3.56. The lowest BCUT2D eigenvalue weighted by atomic mass is 9.82. The standard InChI is InChI=1S/C14H16Cl2N4/c1-14(2)7-10(8-5-3-4-6-9(8)14)17-13-19-11(15)18-12(16)20-13/h3,5,10H,4,6-7H2,1-2H3,(H,17,18,19,20)/t10-/m0/s1. The van der Waals surface area contributed by atoms with Gasteiger partial charge in [-0.2, -0.15) is 15.0 Å². The maximum absolute atomic E-state index is 5.82. The van der Waals surface area contributed by atoms with Gasteiger partial charge in [-0.3, -0.25) is 0 Å². The molecular formula is C14H16Cl2N4. The zero-order valence-corrected chi connectivity index (χ0v) is 13.0. The van der Waals surface area contributed by atoms with E-state index in [-0.39, 0.29) is 22.0 Å². The van der Waals surface area contributed by atoms with Crippen LogP contribution < -0.4 is 5.32 Å². The van der Waals surface area contributed by atoms with E-state index in [1.165, 1.54) is 11.1 Å². The van der Waals surface area contributed by atoms with Gasteiger partial charge in [0.2, 0.25) is 16.5 Å². The molecule has 0 unspecified atom stereocenters. The summed E-state index contributed by atoms with van der Waals surface area (Å²) in [6.45, 7) is 4.58. The normalized spacial score (nSPS) is 23.9. The Hall–Kier alpha value is -1.13. The first-order valence-corrected chi connectivity index (χ1v) is 7.45. The highest BCUT2D eigenvalue weighted by Crippen LogP contribution is 2.47. The highest BCUT2D eigenvalue weighted by Gasteiger charge is 2.38. The fourth-order valence-corrected chi connectivity index (χ4v) is 3.52. The molecule has 0 fully saturated rings. The molecule has 1 N–H and O–H groups in total. The Kier molecular flexibility index (Phi) is 3.46. The zero-order chi connectivity index (χ0) is 14.3. The van der Waals surface area contributed by atoms with E-state index in [0.29, 0.717) is 5.95 Å². The molecule has 6 heteroatoms. The summed E-state index contributed by atoms with van der Waals surface area (Å²) >= 11 is 11.6. The molecule has 1 aromatic heterocycles. The van der Waals surface area contributed by atoms with E-state index in [1.807, 2.05) is 0 Å². The molecule has 2 aliphatic rings. The van der Waals surface area contributed by atoms with Gasteiger partial charge in [-0.1, -0.05) is 31.6 Å². The Labute approximate surface area is 128 Å². The first kappa shape index (κ1) is 13.8. The van der Waals surface area contributed by atoms with E-state index in [9.17, 15) is 0 Å². The summed E-state index contributed by atoms with van der Waals surface area (Å²) in [4.78, 5) is 11.9. The van der Waals surface area contributed by atoms with Gasteiger partial charge in [0, 0.05) is 0 Å². The van der Waals surface area contributed by atoms with Gasteiger partial charge < -0.3 is 5.32 Å². The Morgan fingerprint density at radius 3 is 2.60 bits per heavy atom. The second kappa shape index (κ2) is 5.01. The molecule has 0 saturated carbocycles. The average Bonchev–Trinajstić information content (AvgIpc) is 2.60. The van der Waals surface area contributed by atoms with Crippen molar-refractivity contribution < 1.29 is 0 Å². The van der Waals surface area contributed by atoms with Gasteiger partial charge in [0.1, 0.15) is 0 Å². The Bertz CT molecular complexity index is 587. The van der Waals surface area contributed by atoms with Crippen molar-refractivity contribution in [1.29, 1.82) is 0 Å². The second-order valence-electron chi connectivity index (χ2n) is 5.86. The monoisotopic (exact) mass is 310 g/mol. The summed E-state index contributed by atoms with van der Waals surface area (Å²) in [6.07, 6.45) is 7.72. The third kappa shape index (κ3) is 2.54. The topological polar surface area (TPSA) is 50.7 Å². The molecule has 1 heterocycles. The molecule has 106 valence electrons. The number of allylic oxidation sites excluding steroid dienone is 2. The van der Waals surface area contributed by atoms with Crippen molar-refractivity contribution in [3.63, 3.8) is 0 Å². The average molecular weight is 311 g/mol. The van der Waals surface area contributed by atoms with E-state index in [0.717, 1.165) is 19.3 Å². The Morgan fingerprint density at radius 1 is 1.20 bits per heavy atom. The van der Waals surface area contributed by atoms with Crippen LogP contribution in [0.3, 0.4) is 0 Å². The number of aromatic nitrogens is 3. The van der Waals surface area contributed by atoms with Crippen LogP contribution in [-0.2, 0) is 0 Å². The van der Waals surface area contributed by atoms with Crippen LogP contribution in [0.25, 0.3) is 0 Å². The van der Waals surface area contributed by atoms with Gasteiger partial charge in [-0.25, -0.2) is 0 Å². The van der Waals surface area contributed by atoms with Crippen molar-refractivity contribution in [3.8, 4) is 0 Å². The quantitative estimate of drug-likeness (QED) is 0.895. The predicted octanol–water partition coefficient (Wildman–Crippen LogP) is 4.04. The minimum atomic E-state index is 0.109. The third-order valence-electron chi connectivity index (χ3n) is 4.00. The molecular weight excluding hydrogens is 295 g/mol. The van der Waals surface area contributed by atoms with E-state index >= 15 is 0 Å². The van der Waals surface area contributed by atoms with E-state index in [4.69, 9.17) is 23.2 Å². The van der Waals surface area contributed by atoms with Crippen LogP contribution in [0, 0.1) is 5.41 Å². The van der Waals surface area contributed by atoms with E-state index < -0.39 is 0 Å². The van der Waals surface area contributed by atoms with Crippen LogP contribution in [0.4, 0.5) is 5.95 Å². The van der Waals surface area contributed by atoms with E-state index in [2.05, 4.69) is 46.3 Å². The predicted molar refractivity (Wildman–Crippen MR) is 81.1 cm³/mol. The molecule has 4 nitrogen and oxygen atoms in total. The lowest BCUT2D eigenvalue weighted by Crippen LogP contribution is -2.22. The maximum Gasteiger partial charge on any atom is 0.228 e. The van der Waals surface area contributed by atoms with Crippen molar-refractivity contribution in [2.24, 2.45) is 5.41 Å². The SMILES string of the molecule is CC1(C)C[C@H](Nc2nc(Cl)nc(Cl)n2)C2=C1CCC=C2. The fraction of sp³-hybridized carbons (Fsp3) is 0.500. The van der Waals surface area contributed by atoms with Crippen molar-refractivity contribution in [1.82, 2.24) is 15.0 Å². The molecule has 1 atom stereocenters. The Balaban J connectivity index is 1.88. The maximum atomic E-state index is 5.82. The molecule has 2 aliphatic carbocycles. The fourth-order valence-electron chi connectivity index (χ4n) is 3.16. The van der Waals surface area contributed by atoms with Crippen molar-refractivity contribution in [2.75, 3.05) is 5.32 Å². The molecule has 0 bridgehead atoms. The Morgan fingerprint density at radius 2 is 1.90 bits per heavy atom. The van der Waals surface area contributed by atoms with Crippen LogP contribution in [0.5, 0.6) is 0 Å². The number of nitrogens with one attached hydrogen (secondary N) is 1. The number of nitrogens with zero attached hydrogens (tertiary/aromatic N) is 3. The molecule has 1 aromatic rings. The van der Waals surface area contributed by atoms with Crippen LogP contribution in [0.2, 0.25) is 10.6 Å². The number of hydrogen-bond acceptors (Lipinski definition) is 4. The van der Waals surface area contributed by atoms with Crippen LogP contribution in [0.1, 0.15) is 33.1 Å². The van der Waals surface area contributed by atoms with E-state index in [1.54, 1.807) is 0 Å². The molecule has 20 heavy (non-hydrogen) atoms. The van der Waals surface area contributed by atoms with Gasteiger partial charge in [0.05, 0.1) is 6.04 Å². The summed E-state index contributed by atoms with van der Waals surface area (Å²) < 4.78 is 0. The minimum Gasteiger partial charge on any atom is -0.347 e. The van der Waals surface area contributed by atoms with Gasteiger partial charge in [0.15, 0.2) is 0 Å². The number of hydrogen-bond donors (Lipinski definition) is 1. The molecule has 0 aromatic carbocycles. The van der Waals surface area contributed by atoms with Gasteiger partial charge in [-0.15, -0.1) is 0 Å². The summed E-state index contributed by atoms with van der Waals surface area (Å²) in [5.41, 5.74) is 3.09. The smallest absolute Gasteiger partial charge is 0.228 e. The van der Waals surface area contributed by atoms with Gasteiger partial charge in [-0.05, 0) is 53.5 Å². The molecule has 0 aliphatic heterocycles. The molecule has 0 spiro atoms.